The molecule has 72 valence electrons. The maximum absolute atomic E-state index is 5.28. The van der Waals surface area contributed by atoms with Crippen LogP contribution in [-0.4, -0.2) is 29.5 Å². The lowest BCUT2D eigenvalue weighted by Gasteiger charge is -2.22. The maximum Gasteiger partial charge on any atom is 0.121 e. The first kappa shape index (κ1) is 8.56. The first-order valence-corrected chi connectivity index (χ1v) is 4.71. The summed E-state index contributed by atoms with van der Waals surface area (Å²) in [6.45, 7) is 3.71. The second kappa shape index (κ2) is 3.79. The van der Waals surface area contributed by atoms with Crippen LogP contribution in [0.3, 0.4) is 0 Å². The molecule has 1 aliphatic rings. The van der Waals surface area contributed by atoms with E-state index in [1.54, 1.807) is 0 Å². The van der Waals surface area contributed by atoms with Crippen molar-refractivity contribution in [3.63, 3.8) is 0 Å². The van der Waals surface area contributed by atoms with Gasteiger partial charge in [0.15, 0.2) is 0 Å². The smallest absolute Gasteiger partial charge is 0.121 e. The molecule has 1 fully saturated rings. The number of aromatic nitrogens is 2. The van der Waals surface area contributed by atoms with Crippen molar-refractivity contribution in [2.75, 3.05) is 18.5 Å². The molecule has 0 unspecified atom stereocenters. The number of aryl methyl sites for hydroxylation is 1. The van der Waals surface area contributed by atoms with Crippen LogP contribution in [0.5, 0.6) is 0 Å². The Morgan fingerprint density at radius 1 is 1.54 bits per heavy atom. The fourth-order valence-electron chi connectivity index (χ4n) is 1.56. The van der Waals surface area contributed by atoms with Crippen LogP contribution in [-0.2, 0) is 4.74 Å². The van der Waals surface area contributed by atoms with Gasteiger partial charge in [-0.25, -0.2) is 0 Å². The highest BCUT2D eigenvalue weighted by Crippen LogP contribution is 2.13. The molecule has 4 nitrogen and oxygen atoms in total. The molecule has 2 N–H and O–H groups in total. The van der Waals surface area contributed by atoms with Gasteiger partial charge in [-0.05, 0) is 19.8 Å². The van der Waals surface area contributed by atoms with Crippen LogP contribution >= 0.6 is 0 Å². The Morgan fingerprint density at radius 2 is 2.31 bits per heavy atom. The lowest BCUT2D eigenvalue weighted by molar-refractivity contribution is 0.0904. The molecule has 0 spiro atoms. The van der Waals surface area contributed by atoms with E-state index < -0.39 is 0 Å². The van der Waals surface area contributed by atoms with Crippen LogP contribution in [0.25, 0.3) is 0 Å². The van der Waals surface area contributed by atoms with E-state index in [2.05, 4.69) is 15.5 Å². The third-order valence-corrected chi connectivity index (χ3v) is 2.29. The monoisotopic (exact) mass is 181 g/mol. The van der Waals surface area contributed by atoms with Crippen molar-refractivity contribution < 1.29 is 4.74 Å². The van der Waals surface area contributed by atoms with E-state index in [9.17, 15) is 0 Å². The molecule has 1 aromatic rings. The van der Waals surface area contributed by atoms with Gasteiger partial charge in [0.05, 0.1) is 5.69 Å². The highest BCUT2D eigenvalue weighted by Gasteiger charge is 2.13. The SMILES string of the molecule is Cc1cc(NC2CCOCC2)[nH]n1. The van der Waals surface area contributed by atoms with E-state index in [1.807, 2.05) is 13.0 Å². The van der Waals surface area contributed by atoms with Crippen LogP contribution in [0.2, 0.25) is 0 Å². The standard InChI is InChI=1S/C9H15N3O/c1-7-6-9(12-11-7)10-8-2-4-13-5-3-8/h6,8H,2-5H2,1H3,(H2,10,11,12). The van der Waals surface area contributed by atoms with E-state index in [4.69, 9.17) is 4.74 Å². The first-order valence-electron chi connectivity index (χ1n) is 4.71. The lowest BCUT2D eigenvalue weighted by atomic mass is 10.1. The lowest BCUT2D eigenvalue weighted by Crippen LogP contribution is -2.27. The van der Waals surface area contributed by atoms with E-state index in [-0.39, 0.29) is 0 Å². The molecule has 2 heterocycles. The van der Waals surface area contributed by atoms with Crippen LogP contribution in [0.4, 0.5) is 5.82 Å². The second-order valence-corrected chi connectivity index (χ2v) is 3.45. The van der Waals surface area contributed by atoms with Gasteiger partial charge in [0, 0.05) is 25.3 Å². The summed E-state index contributed by atoms with van der Waals surface area (Å²) in [6, 6.07) is 2.56. The van der Waals surface area contributed by atoms with Crippen molar-refractivity contribution in [3.05, 3.63) is 11.8 Å². The first-order chi connectivity index (χ1) is 6.34. The highest BCUT2D eigenvalue weighted by atomic mass is 16.5. The largest absolute Gasteiger partial charge is 0.381 e. The predicted molar refractivity (Wildman–Crippen MR) is 50.8 cm³/mol. The van der Waals surface area contributed by atoms with Gasteiger partial charge in [0.25, 0.3) is 0 Å². The molecule has 0 aromatic carbocycles. The summed E-state index contributed by atoms with van der Waals surface area (Å²) in [5, 5.41) is 10.4. The molecule has 4 heteroatoms. The normalized spacial score (nSPS) is 18.8. The summed E-state index contributed by atoms with van der Waals surface area (Å²) in [5.41, 5.74) is 1.02. The molecule has 2 rings (SSSR count). The third-order valence-electron chi connectivity index (χ3n) is 2.29. The Bertz CT molecular complexity index is 266. The van der Waals surface area contributed by atoms with Gasteiger partial charge in [-0.1, -0.05) is 0 Å². The van der Waals surface area contributed by atoms with Crippen molar-refractivity contribution in [1.82, 2.24) is 10.2 Å². The minimum atomic E-state index is 0.536. The van der Waals surface area contributed by atoms with Gasteiger partial charge in [-0.3, -0.25) is 5.10 Å². The molecule has 0 saturated carbocycles. The minimum Gasteiger partial charge on any atom is -0.381 e. The number of nitrogens with one attached hydrogen (secondary N) is 2. The molecule has 0 atom stereocenters. The number of nitrogens with zero attached hydrogens (tertiary/aromatic N) is 1. The third kappa shape index (κ3) is 2.21. The van der Waals surface area contributed by atoms with Crippen molar-refractivity contribution >= 4 is 5.82 Å². The summed E-state index contributed by atoms with van der Waals surface area (Å²) in [7, 11) is 0. The van der Waals surface area contributed by atoms with Crippen molar-refractivity contribution in [2.45, 2.75) is 25.8 Å². The van der Waals surface area contributed by atoms with Crippen molar-refractivity contribution in [3.8, 4) is 0 Å². The fraction of sp³-hybridized carbons (Fsp3) is 0.667. The number of ether oxygens (including phenoxy) is 1. The average molecular weight is 181 g/mol. The van der Waals surface area contributed by atoms with Gasteiger partial charge >= 0.3 is 0 Å². The number of rotatable bonds is 2. The molecule has 0 radical (unpaired) electrons. The Morgan fingerprint density at radius 3 is 2.92 bits per heavy atom. The summed E-state index contributed by atoms with van der Waals surface area (Å²) in [5.74, 6) is 1.02. The van der Waals surface area contributed by atoms with Gasteiger partial charge in [0.2, 0.25) is 0 Å². The Kier molecular flexibility index (Phi) is 2.49. The van der Waals surface area contributed by atoms with Crippen LogP contribution in [0.15, 0.2) is 6.07 Å². The molecule has 0 amide bonds. The van der Waals surface area contributed by atoms with Crippen molar-refractivity contribution in [1.29, 1.82) is 0 Å². The van der Waals surface area contributed by atoms with Gasteiger partial charge in [-0.2, -0.15) is 5.10 Å². The Labute approximate surface area is 77.7 Å². The summed E-state index contributed by atoms with van der Waals surface area (Å²) in [6.07, 6.45) is 2.16. The number of aromatic amines is 1. The minimum absolute atomic E-state index is 0.536. The average Bonchev–Trinajstić information content (AvgIpc) is 2.53. The zero-order valence-electron chi connectivity index (χ0n) is 7.84. The van der Waals surface area contributed by atoms with Gasteiger partial charge in [-0.15, -0.1) is 0 Å². The van der Waals surface area contributed by atoms with Gasteiger partial charge in [0.1, 0.15) is 5.82 Å². The van der Waals surface area contributed by atoms with Gasteiger partial charge < -0.3 is 10.1 Å². The van der Waals surface area contributed by atoms with E-state index in [1.165, 1.54) is 0 Å². The summed E-state index contributed by atoms with van der Waals surface area (Å²) in [4.78, 5) is 0. The van der Waals surface area contributed by atoms with E-state index >= 15 is 0 Å². The quantitative estimate of drug-likeness (QED) is 0.723. The van der Waals surface area contributed by atoms with E-state index in [0.717, 1.165) is 37.6 Å². The number of H-pyrrole nitrogens is 1. The molecule has 1 aromatic heterocycles. The molecule has 1 saturated heterocycles. The Balaban J connectivity index is 1.89. The van der Waals surface area contributed by atoms with Crippen LogP contribution in [0, 0.1) is 6.92 Å². The second-order valence-electron chi connectivity index (χ2n) is 3.45. The topological polar surface area (TPSA) is 49.9 Å². The Hall–Kier alpha value is -1.03. The fourth-order valence-corrected chi connectivity index (χ4v) is 1.56. The summed E-state index contributed by atoms with van der Waals surface area (Å²) >= 11 is 0. The number of anilines is 1. The van der Waals surface area contributed by atoms with Crippen molar-refractivity contribution in [2.24, 2.45) is 0 Å². The van der Waals surface area contributed by atoms with Crippen LogP contribution < -0.4 is 5.32 Å². The molecule has 1 aliphatic heterocycles. The highest BCUT2D eigenvalue weighted by molar-refractivity contribution is 5.36. The zero-order valence-corrected chi connectivity index (χ0v) is 7.84. The molecule has 0 aliphatic carbocycles. The molecule has 0 bridgehead atoms. The number of hydrogen-bond acceptors (Lipinski definition) is 3. The number of hydrogen-bond donors (Lipinski definition) is 2. The van der Waals surface area contributed by atoms with E-state index in [0.29, 0.717) is 6.04 Å². The molecular weight excluding hydrogens is 166 g/mol. The van der Waals surface area contributed by atoms with Crippen LogP contribution in [0.1, 0.15) is 18.5 Å². The predicted octanol–water partition coefficient (Wildman–Crippen LogP) is 1.31. The summed E-state index contributed by atoms with van der Waals surface area (Å²) < 4.78 is 5.28. The zero-order chi connectivity index (χ0) is 9.10. The molecular formula is C9H15N3O. The maximum atomic E-state index is 5.28. The molecule has 13 heavy (non-hydrogen) atoms.